The van der Waals surface area contributed by atoms with Crippen LogP contribution in [0.25, 0.3) is 0 Å². The maximum atomic E-state index is 11.7. The Hall–Kier alpha value is -1.47. The molecule has 2 aromatic carbocycles. The average molecular weight is 441 g/mol. The van der Waals surface area contributed by atoms with Gasteiger partial charge in [-0.25, -0.2) is 4.79 Å². The van der Waals surface area contributed by atoms with E-state index in [1.54, 1.807) is 36.9 Å². The third-order valence-corrected chi connectivity index (χ3v) is 6.17. The van der Waals surface area contributed by atoms with Crippen LogP contribution in [0.3, 0.4) is 0 Å². The number of thioether (sulfide) groups is 1. The van der Waals surface area contributed by atoms with E-state index in [2.05, 4.69) is 10.2 Å². The number of benzene rings is 2. The largest absolute Gasteiger partial charge is 0.462 e. The summed E-state index contributed by atoms with van der Waals surface area (Å²) in [6.45, 7) is 2.95. The van der Waals surface area contributed by atoms with Crippen LogP contribution < -0.4 is 5.32 Å². The minimum Gasteiger partial charge on any atom is -0.462 e. The number of nitrogens with zero attached hydrogens (tertiary/aromatic N) is 1. The topological polar surface area (TPSA) is 41.6 Å². The van der Waals surface area contributed by atoms with Crippen LogP contribution in [0.2, 0.25) is 10.0 Å². The third kappa shape index (κ3) is 4.88. The summed E-state index contributed by atoms with van der Waals surface area (Å²) in [4.78, 5) is 13.8. The van der Waals surface area contributed by atoms with Gasteiger partial charge in [0.15, 0.2) is 5.11 Å². The Morgan fingerprint density at radius 1 is 1.30 bits per heavy atom. The molecule has 1 aliphatic rings. The van der Waals surface area contributed by atoms with Crippen molar-refractivity contribution in [3.05, 3.63) is 63.6 Å². The molecular formula is C19H18Cl2N2O2S2. The molecule has 0 aliphatic carbocycles. The lowest BCUT2D eigenvalue weighted by Crippen LogP contribution is -2.34. The molecular weight excluding hydrogens is 423 g/mol. The molecule has 3 rings (SSSR count). The average Bonchev–Trinajstić information content (AvgIpc) is 3.12. The highest BCUT2D eigenvalue weighted by Crippen LogP contribution is 2.41. The minimum atomic E-state index is -0.333. The number of hydrogen-bond acceptors (Lipinski definition) is 4. The van der Waals surface area contributed by atoms with Gasteiger partial charge < -0.3 is 15.0 Å². The van der Waals surface area contributed by atoms with Crippen LogP contribution in [0.4, 0.5) is 5.69 Å². The van der Waals surface area contributed by atoms with Gasteiger partial charge in [-0.2, -0.15) is 0 Å². The van der Waals surface area contributed by atoms with Crippen LogP contribution in [0.5, 0.6) is 0 Å². The fraction of sp³-hybridized carbons (Fsp3) is 0.263. The van der Waals surface area contributed by atoms with Crippen LogP contribution in [-0.4, -0.2) is 34.9 Å². The van der Waals surface area contributed by atoms with Crippen LogP contribution in [0, 0.1) is 0 Å². The van der Waals surface area contributed by atoms with Gasteiger partial charge in [-0.15, -0.1) is 11.8 Å². The summed E-state index contributed by atoms with van der Waals surface area (Å²) in [7, 11) is 0. The zero-order valence-electron chi connectivity index (χ0n) is 14.6. The number of halogens is 2. The molecule has 27 heavy (non-hydrogen) atoms. The Morgan fingerprint density at radius 2 is 2.04 bits per heavy atom. The maximum absolute atomic E-state index is 11.7. The summed E-state index contributed by atoms with van der Waals surface area (Å²) in [5.41, 5.74) is 2.31. The zero-order valence-corrected chi connectivity index (χ0v) is 17.7. The van der Waals surface area contributed by atoms with E-state index in [0.717, 1.165) is 23.5 Å². The molecule has 0 saturated carbocycles. The number of nitrogens with one attached hydrogen (secondary N) is 1. The molecule has 1 fully saturated rings. The van der Waals surface area contributed by atoms with E-state index in [4.69, 9.17) is 40.2 Å². The van der Waals surface area contributed by atoms with Crippen molar-refractivity contribution in [2.45, 2.75) is 12.3 Å². The van der Waals surface area contributed by atoms with E-state index in [1.165, 1.54) is 0 Å². The number of thiocarbonyl (C=S) groups is 1. The number of carbonyl (C=O) groups is 1. The molecule has 0 spiro atoms. The molecule has 2 aromatic rings. The Morgan fingerprint density at radius 3 is 2.70 bits per heavy atom. The second kappa shape index (κ2) is 9.15. The maximum Gasteiger partial charge on any atom is 0.338 e. The predicted molar refractivity (Wildman–Crippen MR) is 117 cm³/mol. The quantitative estimate of drug-likeness (QED) is 0.491. The molecule has 0 unspecified atom stereocenters. The van der Waals surface area contributed by atoms with Gasteiger partial charge >= 0.3 is 5.97 Å². The first-order chi connectivity index (χ1) is 13.0. The molecule has 142 valence electrons. The summed E-state index contributed by atoms with van der Waals surface area (Å²) < 4.78 is 4.99. The highest BCUT2D eigenvalue weighted by atomic mass is 35.5. The van der Waals surface area contributed by atoms with Gasteiger partial charge in [0.25, 0.3) is 0 Å². The number of anilines is 1. The molecule has 8 heteroatoms. The van der Waals surface area contributed by atoms with Gasteiger partial charge in [0.2, 0.25) is 0 Å². The van der Waals surface area contributed by atoms with E-state index in [9.17, 15) is 4.79 Å². The van der Waals surface area contributed by atoms with Gasteiger partial charge in [-0.1, -0.05) is 29.3 Å². The summed E-state index contributed by atoms with van der Waals surface area (Å²) in [5, 5.41) is 5.13. The summed E-state index contributed by atoms with van der Waals surface area (Å²) in [5.74, 6) is 0.618. The van der Waals surface area contributed by atoms with E-state index in [0.29, 0.717) is 27.3 Å². The first kappa shape index (κ1) is 20.3. The monoisotopic (exact) mass is 440 g/mol. The molecule has 1 saturated heterocycles. The Labute approximate surface area is 178 Å². The second-order valence-corrected chi connectivity index (χ2v) is 8.23. The number of esters is 1. The summed E-state index contributed by atoms with van der Waals surface area (Å²) >= 11 is 19.8. The molecule has 1 N–H and O–H groups in total. The zero-order chi connectivity index (χ0) is 19.4. The van der Waals surface area contributed by atoms with E-state index < -0.39 is 0 Å². The van der Waals surface area contributed by atoms with E-state index in [1.807, 2.05) is 24.3 Å². The molecule has 0 amide bonds. The number of rotatable bonds is 4. The standard InChI is InChI=1S/C19H18Cl2N2O2S2/c1-2-25-18(24)12-3-6-14(7-4-12)22-19(26)23-9-10-27-17(23)15-8-5-13(20)11-16(15)21/h3-8,11,17H,2,9-10H2,1H3,(H,22,26)/t17-/m1/s1. The van der Waals surface area contributed by atoms with Crippen LogP contribution in [0.1, 0.15) is 28.2 Å². The van der Waals surface area contributed by atoms with E-state index >= 15 is 0 Å². The Balaban J connectivity index is 1.70. The third-order valence-electron chi connectivity index (χ3n) is 4.03. The first-order valence-corrected chi connectivity index (χ1v) is 10.6. The van der Waals surface area contributed by atoms with Crippen LogP contribution in [0.15, 0.2) is 42.5 Å². The van der Waals surface area contributed by atoms with Crippen molar-refractivity contribution < 1.29 is 9.53 Å². The fourth-order valence-electron chi connectivity index (χ4n) is 2.74. The highest BCUT2D eigenvalue weighted by molar-refractivity contribution is 7.99. The normalized spacial score (nSPS) is 16.3. The van der Waals surface area contributed by atoms with Gasteiger partial charge in [-0.3, -0.25) is 0 Å². The fourth-order valence-corrected chi connectivity index (χ4v) is 5.00. The smallest absolute Gasteiger partial charge is 0.338 e. The van der Waals surface area contributed by atoms with Crippen molar-refractivity contribution in [2.75, 3.05) is 24.2 Å². The molecule has 0 bridgehead atoms. The molecule has 4 nitrogen and oxygen atoms in total. The predicted octanol–water partition coefficient (Wildman–Crippen LogP) is 5.61. The molecule has 1 atom stereocenters. The molecule has 1 aliphatic heterocycles. The van der Waals surface area contributed by atoms with Crippen molar-refractivity contribution >= 4 is 64.0 Å². The lowest BCUT2D eigenvalue weighted by molar-refractivity contribution is 0.0526. The van der Waals surface area contributed by atoms with Crippen molar-refractivity contribution in [3.8, 4) is 0 Å². The lowest BCUT2D eigenvalue weighted by atomic mass is 10.2. The first-order valence-electron chi connectivity index (χ1n) is 8.41. The number of hydrogen-bond donors (Lipinski definition) is 1. The number of carbonyl (C=O) groups excluding carboxylic acids is 1. The molecule has 0 radical (unpaired) electrons. The van der Waals surface area contributed by atoms with Crippen molar-refractivity contribution in [1.82, 2.24) is 4.90 Å². The van der Waals surface area contributed by atoms with Gasteiger partial charge in [-0.05, 0) is 55.5 Å². The molecule has 0 aromatic heterocycles. The minimum absolute atomic E-state index is 0.0357. The summed E-state index contributed by atoms with van der Waals surface area (Å²) in [6, 6.07) is 12.6. The number of ether oxygens (including phenoxy) is 1. The van der Waals surface area contributed by atoms with Gasteiger partial charge in [0, 0.05) is 33.6 Å². The van der Waals surface area contributed by atoms with Crippen LogP contribution >= 0.6 is 47.2 Å². The molecule has 1 heterocycles. The van der Waals surface area contributed by atoms with Crippen molar-refractivity contribution in [2.24, 2.45) is 0 Å². The van der Waals surface area contributed by atoms with Crippen molar-refractivity contribution in [3.63, 3.8) is 0 Å². The van der Waals surface area contributed by atoms with Crippen molar-refractivity contribution in [1.29, 1.82) is 0 Å². The van der Waals surface area contributed by atoms with Gasteiger partial charge in [0.1, 0.15) is 5.37 Å². The highest BCUT2D eigenvalue weighted by Gasteiger charge is 2.30. The lowest BCUT2D eigenvalue weighted by Gasteiger charge is -2.27. The van der Waals surface area contributed by atoms with E-state index in [-0.39, 0.29) is 11.3 Å². The Bertz CT molecular complexity index is 846. The van der Waals surface area contributed by atoms with Crippen LogP contribution in [-0.2, 0) is 4.74 Å². The summed E-state index contributed by atoms with van der Waals surface area (Å²) in [6.07, 6.45) is 0. The Kier molecular flexibility index (Phi) is 6.87. The van der Waals surface area contributed by atoms with Gasteiger partial charge in [0.05, 0.1) is 12.2 Å². The SMILES string of the molecule is CCOC(=O)c1ccc(NC(=S)N2CCS[C@@H]2c2ccc(Cl)cc2Cl)cc1. The second-order valence-electron chi connectivity index (χ2n) is 5.81.